The van der Waals surface area contributed by atoms with Crippen LogP contribution >= 0.6 is 0 Å². The maximum atomic E-state index is 15.4. The van der Waals surface area contributed by atoms with E-state index in [-0.39, 0.29) is 5.56 Å². The van der Waals surface area contributed by atoms with Gasteiger partial charge in [0.2, 0.25) is 5.95 Å². The molecule has 0 bridgehead atoms. The van der Waals surface area contributed by atoms with Crippen molar-refractivity contribution in [3.63, 3.8) is 0 Å². The van der Waals surface area contributed by atoms with Crippen LogP contribution in [0, 0.1) is 5.82 Å². The highest BCUT2D eigenvalue weighted by atomic mass is 19.4. The van der Waals surface area contributed by atoms with E-state index in [2.05, 4.69) is 5.10 Å². The number of nitrogens with zero attached hydrogens (tertiary/aromatic N) is 6. The number of anilines is 3. The molecule has 216 valence electrons. The molecule has 0 amide bonds. The van der Waals surface area contributed by atoms with Gasteiger partial charge in [-0.05, 0) is 35.9 Å². The quantitative estimate of drug-likeness (QED) is 0.263. The van der Waals surface area contributed by atoms with Crippen molar-refractivity contribution >= 4 is 28.5 Å². The first-order valence-electron chi connectivity index (χ1n) is 13.3. The molecule has 3 aromatic carbocycles. The zero-order valence-corrected chi connectivity index (χ0v) is 22.6. The summed E-state index contributed by atoms with van der Waals surface area (Å²) in [4.78, 5) is 13.3. The van der Waals surface area contributed by atoms with Gasteiger partial charge in [-0.25, -0.2) is 14.1 Å². The number of benzene rings is 3. The molecule has 0 radical (unpaired) electrons. The Labute approximate surface area is 239 Å². The Morgan fingerprint density at radius 3 is 2.31 bits per heavy atom. The van der Waals surface area contributed by atoms with Crippen LogP contribution in [0.4, 0.5) is 35.0 Å². The number of rotatable bonds is 6. The van der Waals surface area contributed by atoms with Gasteiger partial charge in [0.15, 0.2) is 5.65 Å². The third kappa shape index (κ3) is 5.27. The normalized spacial score (nSPS) is 14.0. The zero-order chi connectivity index (χ0) is 29.4. The number of piperazine rings is 1. The molecule has 12 heteroatoms. The minimum absolute atomic E-state index is 0.220. The lowest BCUT2D eigenvalue weighted by Gasteiger charge is -2.36. The number of nitrogen functional groups attached to an aromatic ring is 1. The number of hydrogen-bond donors (Lipinski definition) is 1. The molecule has 0 spiro atoms. The Morgan fingerprint density at radius 1 is 0.881 bits per heavy atom. The minimum Gasteiger partial charge on any atom is -0.497 e. The Balaban J connectivity index is 1.36. The average Bonchev–Trinajstić information content (AvgIpc) is 3.31. The number of ether oxygens (including phenoxy) is 1. The number of nitrogens with two attached hydrogens (primary N) is 1. The van der Waals surface area contributed by atoms with Crippen molar-refractivity contribution in [1.29, 1.82) is 0 Å². The van der Waals surface area contributed by atoms with E-state index in [1.807, 2.05) is 40.1 Å². The third-order valence-electron chi connectivity index (χ3n) is 7.34. The summed E-state index contributed by atoms with van der Waals surface area (Å²) in [6.07, 6.45) is -4.42. The predicted molar refractivity (Wildman–Crippen MR) is 153 cm³/mol. The Kier molecular flexibility index (Phi) is 7.05. The molecular formula is C30H27F4N7O. The molecule has 2 aromatic heterocycles. The molecule has 0 atom stereocenters. The Morgan fingerprint density at radius 2 is 1.62 bits per heavy atom. The van der Waals surface area contributed by atoms with Crippen molar-refractivity contribution in [3.8, 4) is 17.0 Å². The average molecular weight is 578 g/mol. The van der Waals surface area contributed by atoms with Crippen LogP contribution in [0.2, 0.25) is 0 Å². The minimum atomic E-state index is -4.42. The molecule has 1 aliphatic heterocycles. The van der Waals surface area contributed by atoms with Crippen molar-refractivity contribution in [1.82, 2.24) is 19.7 Å². The summed E-state index contributed by atoms with van der Waals surface area (Å²) < 4.78 is 61.9. The number of alkyl halides is 3. The topological polar surface area (TPSA) is 85.3 Å². The highest BCUT2D eigenvalue weighted by Crippen LogP contribution is 2.36. The monoisotopic (exact) mass is 577 g/mol. The lowest BCUT2D eigenvalue weighted by molar-refractivity contribution is -0.137. The molecule has 0 aliphatic carbocycles. The van der Waals surface area contributed by atoms with E-state index in [0.29, 0.717) is 72.7 Å². The second-order valence-electron chi connectivity index (χ2n) is 9.97. The molecule has 1 saturated heterocycles. The molecular weight excluding hydrogens is 550 g/mol. The highest BCUT2D eigenvalue weighted by Gasteiger charge is 2.31. The predicted octanol–water partition coefficient (Wildman–Crippen LogP) is 5.62. The molecule has 2 N–H and O–H groups in total. The van der Waals surface area contributed by atoms with Crippen molar-refractivity contribution in [2.45, 2.75) is 12.7 Å². The van der Waals surface area contributed by atoms with E-state index in [1.165, 1.54) is 19.2 Å². The van der Waals surface area contributed by atoms with Crippen LogP contribution in [0.25, 0.3) is 22.3 Å². The summed E-state index contributed by atoms with van der Waals surface area (Å²) in [6.45, 7) is 2.15. The number of methoxy groups -OCH3 is 1. The summed E-state index contributed by atoms with van der Waals surface area (Å²) >= 11 is 0. The second kappa shape index (κ2) is 10.8. The van der Waals surface area contributed by atoms with Crippen LogP contribution in [0.3, 0.4) is 0 Å². The highest BCUT2D eigenvalue weighted by molar-refractivity contribution is 5.99. The number of halogens is 4. The van der Waals surface area contributed by atoms with Gasteiger partial charge in [0, 0.05) is 43.5 Å². The summed E-state index contributed by atoms with van der Waals surface area (Å²) in [6, 6.07) is 19.5. The van der Waals surface area contributed by atoms with Gasteiger partial charge in [0.1, 0.15) is 17.4 Å². The van der Waals surface area contributed by atoms with Crippen LogP contribution in [0.15, 0.2) is 72.8 Å². The summed E-state index contributed by atoms with van der Waals surface area (Å²) in [5.74, 6) is 0.464. The third-order valence-corrected chi connectivity index (χ3v) is 7.34. The second-order valence-corrected chi connectivity index (χ2v) is 9.97. The van der Waals surface area contributed by atoms with E-state index < -0.39 is 17.6 Å². The molecule has 0 unspecified atom stereocenters. The molecule has 6 rings (SSSR count). The van der Waals surface area contributed by atoms with Gasteiger partial charge in [-0.1, -0.05) is 36.4 Å². The first-order chi connectivity index (χ1) is 20.2. The first kappa shape index (κ1) is 27.3. The lowest BCUT2D eigenvalue weighted by Crippen LogP contribution is -2.47. The van der Waals surface area contributed by atoms with E-state index in [4.69, 9.17) is 20.4 Å². The van der Waals surface area contributed by atoms with Crippen LogP contribution in [-0.2, 0) is 12.7 Å². The molecule has 0 saturated carbocycles. The van der Waals surface area contributed by atoms with Crippen molar-refractivity contribution in [2.75, 3.05) is 48.8 Å². The van der Waals surface area contributed by atoms with E-state index >= 15 is 4.39 Å². The maximum Gasteiger partial charge on any atom is 0.416 e. The van der Waals surface area contributed by atoms with Gasteiger partial charge < -0.3 is 20.3 Å². The molecule has 5 aromatic rings. The Bertz CT molecular complexity index is 1730. The fraction of sp³-hybridized carbons (Fsp3) is 0.233. The fourth-order valence-electron chi connectivity index (χ4n) is 5.11. The molecule has 1 aliphatic rings. The van der Waals surface area contributed by atoms with Crippen molar-refractivity contribution in [3.05, 3.63) is 89.7 Å². The van der Waals surface area contributed by atoms with Crippen molar-refractivity contribution in [2.24, 2.45) is 0 Å². The first-order valence-corrected chi connectivity index (χ1v) is 13.3. The number of aromatic nitrogens is 4. The lowest BCUT2D eigenvalue weighted by atomic mass is 10.1. The summed E-state index contributed by atoms with van der Waals surface area (Å²) in [5, 5.41) is 5.09. The number of hydrogen-bond acceptors (Lipinski definition) is 7. The van der Waals surface area contributed by atoms with Gasteiger partial charge in [0.25, 0.3) is 0 Å². The van der Waals surface area contributed by atoms with E-state index in [9.17, 15) is 13.2 Å². The van der Waals surface area contributed by atoms with Gasteiger partial charge in [-0.3, -0.25) is 0 Å². The molecule has 42 heavy (non-hydrogen) atoms. The Hall–Kier alpha value is -4.87. The zero-order valence-electron chi connectivity index (χ0n) is 22.6. The smallest absolute Gasteiger partial charge is 0.416 e. The summed E-state index contributed by atoms with van der Waals surface area (Å²) in [7, 11) is 1.46. The van der Waals surface area contributed by atoms with Gasteiger partial charge in [0.05, 0.1) is 30.3 Å². The SMILES string of the molecule is COc1ccc(-c2nc(N3CCN(c4cccc(C(F)(F)F)c4)CC3)nc3nn(Cc4ccccc4)c(N)c23)c(F)c1. The van der Waals surface area contributed by atoms with Crippen molar-refractivity contribution < 1.29 is 22.3 Å². The van der Waals surface area contributed by atoms with Crippen LogP contribution in [-0.4, -0.2) is 53.0 Å². The summed E-state index contributed by atoms with van der Waals surface area (Å²) in [5.41, 5.74) is 8.18. The van der Waals surface area contributed by atoms with Gasteiger partial charge >= 0.3 is 6.18 Å². The van der Waals surface area contributed by atoms with E-state index in [0.717, 1.165) is 17.7 Å². The van der Waals surface area contributed by atoms with Gasteiger partial charge in [-0.2, -0.15) is 18.2 Å². The van der Waals surface area contributed by atoms with Crippen LogP contribution in [0.1, 0.15) is 11.1 Å². The standard InChI is InChI=1S/C30H27F4N7O/c1-42-22-10-11-23(24(31)17-22)26-25-27(35)41(18-19-6-3-2-4-7-19)38-28(25)37-29(36-26)40-14-12-39(13-15-40)21-9-5-8-20(16-21)30(32,33)34/h2-11,16-17H,12-15,18,35H2,1H3. The van der Waals surface area contributed by atoms with Gasteiger partial charge in [-0.15, -0.1) is 5.10 Å². The van der Waals surface area contributed by atoms with E-state index in [1.54, 1.807) is 22.9 Å². The number of fused-ring (bicyclic) bond motifs is 1. The fourth-order valence-corrected chi connectivity index (χ4v) is 5.11. The largest absolute Gasteiger partial charge is 0.497 e. The van der Waals surface area contributed by atoms with Crippen LogP contribution < -0.4 is 20.3 Å². The molecule has 1 fully saturated rings. The van der Waals surface area contributed by atoms with Crippen LogP contribution in [0.5, 0.6) is 5.75 Å². The molecule has 3 heterocycles. The maximum absolute atomic E-state index is 15.4. The molecule has 8 nitrogen and oxygen atoms in total.